The highest BCUT2D eigenvalue weighted by atomic mass is 16.2. The summed E-state index contributed by atoms with van der Waals surface area (Å²) in [6.07, 6.45) is -0.00302. The lowest BCUT2D eigenvalue weighted by molar-refractivity contribution is -0.129. The summed E-state index contributed by atoms with van der Waals surface area (Å²) in [5, 5.41) is 14.1. The number of amides is 3. The molecule has 1 aliphatic rings. The monoisotopic (exact) mass is 404 g/mol. The summed E-state index contributed by atoms with van der Waals surface area (Å²) < 4.78 is 0. The van der Waals surface area contributed by atoms with Crippen LogP contribution in [0.25, 0.3) is 0 Å². The van der Waals surface area contributed by atoms with Crippen LogP contribution in [0.3, 0.4) is 0 Å². The first-order chi connectivity index (χ1) is 14.5. The number of benzene rings is 2. The van der Waals surface area contributed by atoms with E-state index < -0.39 is 5.92 Å². The Morgan fingerprint density at radius 1 is 1.20 bits per heavy atom. The van der Waals surface area contributed by atoms with Crippen LogP contribution in [0.5, 0.6) is 0 Å². The Morgan fingerprint density at radius 3 is 2.70 bits per heavy atom. The second kappa shape index (κ2) is 9.70. The SMILES string of the molecule is CC(c1ccccc1)N1CC(C(=O)Nc2cccc(CNC(=O)CC#N)c2)CC1=O. The van der Waals surface area contributed by atoms with Crippen molar-refractivity contribution in [2.24, 2.45) is 5.92 Å². The molecule has 0 saturated carbocycles. The highest BCUT2D eigenvalue weighted by molar-refractivity contribution is 5.97. The van der Waals surface area contributed by atoms with Crippen LogP contribution in [0.2, 0.25) is 0 Å². The summed E-state index contributed by atoms with van der Waals surface area (Å²) in [6, 6.07) is 18.6. The number of hydrogen-bond acceptors (Lipinski definition) is 4. The minimum atomic E-state index is -0.414. The lowest BCUT2D eigenvalue weighted by atomic mass is 10.1. The second-order valence-corrected chi connectivity index (χ2v) is 7.34. The smallest absolute Gasteiger partial charge is 0.234 e. The third-order valence-electron chi connectivity index (χ3n) is 5.20. The molecule has 2 N–H and O–H groups in total. The number of anilines is 1. The van der Waals surface area contributed by atoms with Crippen molar-refractivity contribution in [3.8, 4) is 6.07 Å². The average molecular weight is 404 g/mol. The molecule has 154 valence electrons. The molecule has 2 unspecified atom stereocenters. The molecule has 1 aliphatic heterocycles. The van der Waals surface area contributed by atoms with Gasteiger partial charge in [-0.3, -0.25) is 14.4 Å². The van der Waals surface area contributed by atoms with Crippen molar-refractivity contribution in [3.63, 3.8) is 0 Å². The third kappa shape index (κ3) is 5.23. The van der Waals surface area contributed by atoms with Crippen LogP contribution >= 0.6 is 0 Å². The highest BCUT2D eigenvalue weighted by Crippen LogP contribution is 2.29. The molecule has 1 fully saturated rings. The number of carbonyl (C=O) groups is 3. The quantitative estimate of drug-likeness (QED) is 0.741. The van der Waals surface area contributed by atoms with Crippen LogP contribution in [0.1, 0.15) is 36.9 Å². The summed E-state index contributed by atoms with van der Waals surface area (Å²) in [6.45, 7) is 2.62. The topological polar surface area (TPSA) is 102 Å². The van der Waals surface area contributed by atoms with Gasteiger partial charge in [-0.2, -0.15) is 5.26 Å². The van der Waals surface area contributed by atoms with Gasteiger partial charge in [0.15, 0.2) is 0 Å². The Morgan fingerprint density at radius 2 is 1.97 bits per heavy atom. The largest absolute Gasteiger partial charge is 0.351 e. The van der Waals surface area contributed by atoms with Crippen molar-refractivity contribution >= 4 is 23.4 Å². The van der Waals surface area contributed by atoms with E-state index in [-0.39, 0.29) is 43.1 Å². The van der Waals surface area contributed by atoms with E-state index in [2.05, 4.69) is 10.6 Å². The van der Waals surface area contributed by atoms with Gasteiger partial charge in [-0.25, -0.2) is 0 Å². The van der Waals surface area contributed by atoms with E-state index in [0.717, 1.165) is 11.1 Å². The molecule has 0 aromatic heterocycles. The van der Waals surface area contributed by atoms with E-state index in [0.29, 0.717) is 12.2 Å². The van der Waals surface area contributed by atoms with Crippen molar-refractivity contribution in [1.29, 1.82) is 5.26 Å². The third-order valence-corrected chi connectivity index (χ3v) is 5.20. The summed E-state index contributed by atoms with van der Waals surface area (Å²) in [7, 11) is 0. The molecule has 2 aromatic rings. The van der Waals surface area contributed by atoms with E-state index in [1.807, 2.05) is 43.3 Å². The average Bonchev–Trinajstić information content (AvgIpc) is 3.15. The summed E-state index contributed by atoms with van der Waals surface area (Å²) >= 11 is 0. The number of nitriles is 1. The minimum Gasteiger partial charge on any atom is -0.351 e. The summed E-state index contributed by atoms with van der Waals surface area (Å²) in [4.78, 5) is 38.4. The van der Waals surface area contributed by atoms with Gasteiger partial charge in [0.2, 0.25) is 17.7 Å². The standard InChI is InChI=1S/C23H24N4O3/c1-16(18-7-3-2-4-8-18)27-15-19(13-22(27)29)23(30)26-20-9-5-6-17(12-20)14-25-21(28)10-11-24/h2-9,12,16,19H,10,13-15H2,1H3,(H,25,28)(H,26,30). The molecule has 1 saturated heterocycles. The van der Waals surface area contributed by atoms with E-state index in [1.165, 1.54) is 0 Å². The van der Waals surface area contributed by atoms with Crippen LogP contribution in [0.15, 0.2) is 54.6 Å². The number of nitrogens with zero attached hydrogens (tertiary/aromatic N) is 2. The molecule has 2 aromatic carbocycles. The zero-order valence-electron chi connectivity index (χ0n) is 16.8. The fourth-order valence-electron chi connectivity index (χ4n) is 3.53. The molecule has 7 nitrogen and oxygen atoms in total. The van der Waals surface area contributed by atoms with E-state index in [9.17, 15) is 14.4 Å². The van der Waals surface area contributed by atoms with Gasteiger partial charge in [0, 0.05) is 25.2 Å². The Kier molecular flexibility index (Phi) is 6.81. The molecule has 2 atom stereocenters. The van der Waals surface area contributed by atoms with Gasteiger partial charge in [-0.1, -0.05) is 42.5 Å². The maximum Gasteiger partial charge on any atom is 0.234 e. The first-order valence-electron chi connectivity index (χ1n) is 9.86. The highest BCUT2D eigenvalue weighted by Gasteiger charge is 2.37. The normalized spacial score (nSPS) is 16.6. The molecular formula is C23H24N4O3. The van der Waals surface area contributed by atoms with Crippen LogP contribution in [-0.2, 0) is 20.9 Å². The van der Waals surface area contributed by atoms with Crippen LogP contribution in [-0.4, -0.2) is 29.2 Å². The van der Waals surface area contributed by atoms with Gasteiger partial charge < -0.3 is 15.5 Å². The van der Waals surface area contributed by atoms with E-state index in [1.54, 1.807) is 29.2 Å². The maximum atomic E-state index is 12.7. The van der Waals surface area contributed by atoms with Gasteiger partial charge in [0.1, 0.15) is 6.42 Å². The molecule has 0 aliphatic carbocycles. The Bertz CT molecular complexity index is 968. The fourth-order valence-corrected chi connectivity index (χ4v) is 3.53. The van der Waals surface area contributed by atoms with Crippen molar-refractivity contribution < 1.29 is 14.4 Å². The molecule has 1 heterocycles. The number of likely N-dealkylation sites (tertiary alicyclic amines) is 1. The van der Waals surface area contributed by atoms with E-state index >= 15 is 0 Å². The zero-order valence-corrected chi connectivity index (χ0v) is 16.8. The predicted octanol–water partition coefficient (Wildman–Crippen LogP) is 2.76. The molecule has 0 radical (unpaired) electrons. The second-order valence-electron chi connectivity index (χ2n) is 7.34. The summed E-state index contributed by atoms with van der Waals surface area (Å²) in [5.74, 6) is -0.982. The molecule has 3 amide bonds. The first-order valence-corrected chi connectivity index (χ1v) is 9.86. The van der Waals surface area contributed by atoms with Crippen molar-refractivity contribution in [3.05, 3.63) is 65.7 Å². The maximum absolute atomic E-state index is 12.7. The summed E-state index contributed by atoms with van der Waals surface area (Å²) in [5.41, 5.74) is 2.45. The van der Waals surface area contributed by atoms with Gasteiger partial charge in [0.25, 0.3) is 0 Å². The lowest BCUT2D eigenvalue weighted by Crippen LogP contribution is -2.30. The zero-order chi connectivity index (χ0) is 21.5. The van der Waals surface area contributed by atoms with Crippen LogP contribution in [0.4, 0.5) is 5.69 Å². The van der Waals surface area contributed by atoms with Gasteiger partial charge in [-0.05, 0) is 30.2 Å². The van der Waals surface area contributed by atoms with Crippen molar-refractivity contribution in [1.82, 2.24) is 10.2 Å². The lowest BCUT2D eigenvalue weighted by Gasteiger charge is -2.25. The Hall–Kier alpha value is -3.66. The fraction of sp³-hybridized carbons (Fsp3) is 0.304. The van der Waals surface area contributed by atoms with Gasteiger partial charge >= 0.3 is 0 Å². The van der Waals surface area contributed by atoms with Gasteiger partial charge in [-0.15, -0.1) is 0 Å². The van der Waals surface area contributed by atoms with Crippen LogP contribution in [0, 0.1) is 17.2 Å². The minimum absolute atomic E-state index is 0.0274. The molecule has 7 heteroatoms. The molecule has 3 rings (SSSR count). The Labute approximate surface area is 175 Å². The first kappa shape index (κ1) is 21.1. The predicted molar refractivity (Wildman–Crippen MR) is 112 cm³/mol. The number of rotatable bonds is 7. The molecule has 30 heavy (non-hydrogen) atoms. The molecule has 0 spiro atoms. The van der Waals surface area contributed by atoms with Gasteiger partial charge in [0.05, 0.1) is 18.0 Å². The Balaban J connectivity index is 1.59. The number of hydrogen-bond donors (Lipinski definition) is 2. The number of nitrogens with one attached hydrogen (secondary N) is 2. The van der Waals surface area contributed by atoms with Crippen molar-refractivity contribution in [2.45, 2.75) is 32.4 Å². The number of carbonyl (C=O) groups excluding carboxylic acids is 3. The molecule has 0 bridgehead atoms. The van der Waals surface area contributed by atoms with E-state index in [4.69, 9.17) is 5.26 Å². The van der Waals surface area contributed by atoms with Crippen molar-refractivity contribution in [2.75, 3.05) is 11.9 Å². The van der Waals surface area contributed by atoms with Crippen LogP contribution < -0.4 is 10.6 Å². The molecular weight excluding hydrogens is 380 g/mol.